The highest BCUT2D eigenvalue weighted by molar-refractivity contribution is 5.97. The summed E-state index contributed by atoms with van der Waals surface area (Å²) in [4.78, 5) is 0. The molecular formula is C16H17FN2O2. The predicted octanol–water partition coefficient (Wildman–Crippen LogP) is 2.84. The van der Waals surface area contributed by atoms with Crippen molar-refractivity contribution in [3.8, 4) is 5.75 Å². The lowest BCUT2D eigenvalue weighted by atomic mass is 10.1. The van der Waals surface area contributed by atoms with Gasteiger partial charge in [0.25, 0.3) is 0 Å². The van der Waals surface area contributed by atoms with E-state index >= 15 is 0 Å². The standard InChI is InChI=1S/C16H17FN2O2/c1-20-15-8-11(6-7-13(15)16(18)19)9-21-10-12-4-2-3-5-14(12)17/h2-8H,9-10H2,1H3,(H3,18,19). The summed E-state index contributed by atoms with van der Waals surface area (Å²) >= 11 is 0. The van der Waals surface area contributed by atoms with E-state index < -0.39 is 0 Å². The molecule has 2 rings (SSSR count). The number of nitrogens with one attached hydrogen (secondary N) is 1. The monoisotopic (exact) mass is 288 g/mol. The normalized spacial score (nSPS) is 10.4. The number of nitrogen functional groups attached to an aromatic ring is 1. The lowest BCUT2D eigenvalue weighted by molar-refractivity contribution is 0.104. The Bertz CT molecular complexity index is 644. The van der Waals surface area contributed by atoms with Crippen molar-refractivity contribution in [1.29, 1.82) is 5.41 Å². The fourth-order valence-electron chi connectivity index (χ4n) is 1.94. The Kier molecular flexibility index (Phi) is 4.90. The molecule has 2 aromatic rings. The Hall–Kier alpha value is -2.40. The van der Waals surface area contributed by atoms with Crippen molar-refractivity contribution in [2.75, 3.05) is 7.11 Å². The third-order valence-corrected chi connectivity index (χ3v) is 3.04. The van der Waals surface area contributed by atoms with Crippen LogP contribution in [0.4, 0.5) is 4.39 Å². The molecule has 0 fully saturated rings. The molecule has 3 N–H and O–H groups in total. The van der Waals surface area contributed by atoms with E-state index in [0.717, 1.165) is 5.56 Å². The molecule has 0 saturated carbocycles. The smallest absolute Gasteiger partial charge is 0.130 e. The molecule has 0 aliphatic rings. The Balaban J connectivity index is 2.01. The summed E-state index contributed by atoms with van der Waals surface area (Å²) in [6.07, 6.45) is 0. The molecule has 0 amide bonds. The van der Waals surface area contributed by atoms with Gasteiger partial charge < -0.3 is 15.2 Å². The van der Waals surface area contributed by atoms with Crippen molar-refractivity contribution in [3.63, 3.8) is 0 Å². The molecule has 0 unspecified atom stereocenters. The predicted molar refractivity (Wildman–Crippen MR) is 78.9 cm³/mol. The summed E-state index contributed by atoms with van der Waals surface area (Å²) in [6.45, 7) is 0.520. The molecule has 0 heterocycles. The Labute approximate surface area is 122 Å². The van der Waals surface area contributed by atoms with Crippen LogP contribution in [0.15, 0.2) is 42.5 Å². The van der Waals surface area contributed by atoms with Gasteiger partial charge in [0.1, 0.15) is 17.4 Å². The fourth-order valence-corrected chi connectivity index (χ4v) is 1.94. The zero-order valence-corrected chi connectivity index (χ0v) is 11.7. The molecule has 5 heteroatoms. The molecule has 0 spiro atoms. The zero-order valence-electron chi connectivity index (χ0n) is 11.7. The van der Waals surface area contributed by atoms with Crippen LogP contribution in [-0.2, 0) is 18.0 Å². The topological polar surface area (TPSA) is 68.3 Å². The lowest BCUT2D eigenvalue weighted by Crippen LogP contribution is -2.12. The molecule has 21 heavy (non-hydrogen) atoms. The molecule has 0 aromatic heterocycles. The SMILES string of the molecule is COc1cc(COCc2ccccc2F)ccc1C(=N)N. The minimum absolute atomic E-state index is 0.0503. The second-order valence-electron chi connectivity index (χ2n) is 4.53. The quantitative estimate of drug-likeness (QED) is 0.634. The molecule has 0 saturated heterocycles. The molecule has 0 aliphatic carbocycles. The van der Waals surface area contributed by atoms with E-state index in [1.54, 1.807) is 36.4 Å². The number of amidine groups is 1. The number of nitrogens with two attached hydrogens (primary N) is 1. The first-order valence-electron chi connectivity index (χ1n) is 6.44. The zero-order chi connectivity index (χ0) is 15.2. The molecule has 2 aromatic carbocycles. The Morgan fingerprint density at radius 3 is 2.62 bits per heavy atom. The van der Waals surface area contributed by atoms with Gasteiger partial charge in [-0.15, -0.1) is 0 Å². The summed E-state index contributed by atoms with van der Waals surface area (Å²) in [6, 6.07) is 11.8. The molecule has 0 bridgehead atoms. The largest absolute Gasteiger partial charge is 0.496 e. The van der Waals surface area contributed by atoms with Crippen LogP contribution in [0.2, 0.25) is 0 Å². The first-order chi connectivity index (χ1) is 10.1. The van der Waals surface area contributed by atoms with Crippen LogP contribution in [0.3, 0.4) is 0 Å². The maximum Gasteiger partial charge on any atom is 0.130 e. The number of halogens is 1. The number of hydrogen-bond donors (Lipinski definition) is 2. The summed E-state index contributed by atoms with van der Waals surface area (Å²) in [7, 11) is 1.52. The van der Waals surface area contributed by atoms with E-state index in [9.17, 15) is 4.39 Å². The molecular weight excluding hydrogens is 271 g/mol. The maximum absolute atomic E-state index is 13.4. The van der Waals surface area contributed by atoms with Gasteiger partial charge >= 0.3 is 0 Å². The highest BCUT2D eigenvalue weighted by Gasteiger charge is 2.07. The van der Waals surface area contributed by atoms with Gasteiger partial charge in [-0.05, 0) is 23.8 Å². The van der Waals surface area contributed by atoms with Crippen molar-refractivity contribution >= 4 is 5.84 Å². The molecule has 110 valence electrons. The minimum atomic E-state index is -0.276. The van der Waals surface area contributed by atoms with Crippen LogP contribution in [0, 0.1) is 11.2 Å². The first-order valence-corrected chi connectivity index (χ1v) is 6.44. The van der Waals surface area contributed by atoms with E-state index in [2.05, 4.69) is 0 Å². The number of rotatable bonds is 6. The van der Waals surface area contributed by atoms with Gasteiger partial charge in [-0.1, -0.05) is 24.3 Å². The van der Waals surface area contributed by atoms with Gasteiger partial charge in [-0.2, -0.15) is 0 Å². The highest BCUT2D eigenvalue weighted by Crippen LogP contribution is 2.20. The number of ether oxygens (including phenoxy) is 2. The van der Waals surface area contributed by atoms with E-state index in [1.165, 1.54) is 13.2 Å². The molecule has 4 nitrogen and oxygen atoms in total. The Morgan fingerprint density at radius 2 is 1.95 bits per heavy atom. The number of methoxy groups -OCH3 is 1. The van der Waals surface area contributed by atoms with E-state index in [0.29, 0.717) is 23.5 Å². The second kappa shape index (κ2) is 6.85. The second-order valence-corrected chi connectivity index (χ2v) is 4.53. The van der Waals surface area contributed by atoms with Gasteiger partial charge in [0, 0.05) is 5.56 Å². The van der Waals surface area contributed by atoms with Crippen LogP contribution >= 0.6 is 0 Å². The van der Waals surface area contributed by atoms with Crippen molar-refractivity contribution in [2.24, 2.45) is 5.73 Å². The first kappa shape index (κ1) is 15.0. The minimum Gasteiger partial charge on any atom is -0.496 e. The van der Waals surface area contributed by atoms with E-state index in [-0.39, 0.29) is 18.3 Å². The average Bonchev–Trinajstić information content (AvgIpc) is 2.48. The van der Waals surface area contributed by atoms with Crippen LogP contribution in [0.5, 0.6) is 5.75 Å². The molecule has 0 radical (unpaired) electrons. The van der Waals surface area contributed by atoms with Gasteiger partial charge in [0.2, 0.25) is 0 Å². The van der Waals surface area contributed by atoms with Crippen LogP contribution in [0.25, 0.3) is 0 Å². The van der Waals surface area contributed by atoms with E-state index in [4.69, 9.17) is 20.6 Å². The summed E-state index contributed by atoms with van der Waals surface area (Å²) < 4.78 is 24.1. The average molecular weight is 288 g/mol. The maximum atomic E-state index is 13.4. The van der Waals surface area contributed by atoms with Crippen LogP contribution < -0.4 is 10.5 Å². The van der Waals surface area contributed by atoms with Crippen LogP contribution in [0.1, 0.15) is 16.7 Å². The molecule has 0 atom stereocenters. The van der Waals surface area contributed by atoms with Gasteiger partial charge in [-0.3, -0.25) is 5.41 Å². The Morgan fingerprint density at radius 1 is 1.19 bits per heavy atom. The molecule has 0 aliphatic heterocycles. The number of hydrogen-bond acceptors (Lipinski definition) is 3. The van der Waals surface area contributed by atoms with Crippen molar-refractivity contribution in [1.82, 2.24) is 0 Å². The number of benzene rings is 2. The summed E-state index contributed by atoms with van der Waals surface area (Å²) in [5.41, 5.74) is 7.39. The van der Waals surface area contributed by atoms with Crippen molar-refractivity contribution in [3.05, 3.63) is 65.0 Å². The van der Waals surface area contributed by atoms with Crippen molar-refractivity contribution < 1.29 is 13.9 Å². The van der Waals surface area contributed by atoms with E-state index in [1.807, 2.05) is 0 Å². The lowest BCUT2D eigenvalue weighted by Gasteiger charge is -2.10. The van der Waals surface area contributed by atoms with Gasteiger partial charge in [-0.25, -0.2) is 4.39 Å². The summed E-state index contributed by atoms with van der Waals surface area (Å²) in [5.74, 6) is 0.196. The fraction of sp³-hybridized carbons (Fsp3) is 0.188. The van der Waals surface area contributed by atoms with Crippen molar-refractivity contribution in [2.45, 2.75) is 13.2 Å². The highest BCUT2D eigenvalue weighted by atomic mass is 19.1. The van der Waals surface area contributed by atoms with Crippen LogP contribution in [-0.4, -0.2) is 12.9 Å². The summed E-state index contributed by atoms with van der Waals surface area (Å²) in [5, 5.41) is 7.45. The third kappa shape index (κ3) is 3.79. The van der Waals surface area contributed by atoms with Gasteiger partial charge in [0.15, 0.2) is 0 Å². The van der Waals surface area contributed by atoms with Gasteiger partial charge in [0.05, 0.1) is 25.9 Å². The third-order valence-electron chi connectivity index (χ3n) is 3.04.